The van der Waals surface area contributed by atoms with Gasteiger partial charge in [-0.05, 0) is 50.4 Å². The summed E-state index contributed by atoms with van der Waals surface area (Å²) < 4.78 is 6.14. The quantitative estimate of drug-likeness (QED) is 0.807. The molecule has 2 amide bonds. The second-order valence-corrected chi connectivity index (χ2v) is 8.09. The Morgan fingerprint density at radius 1 is 1.00 bits per heavy atom. The first-order valence-electron chi connectivity index (χ1n) is 9.44. The summed E-state index contributed by atoms with van der Waals surface area (Å²) in [6, 6.07) is 0.507. The van der Waals surface area contributed by atoms with Gasteiger partial charge in [0, 0.05) is 25.7 Å². The number of likely N-dealkylation sites (tertiary alicyclic amines) is 1. The average Bonchev–Trinajstić information content (AvgIpc) is 3.09. The third-order valence-electron chi connectivity index (χ3n) is 6.60. The zero-order valence-corrected chi connectivity index (χ0v) is 13.7. The molecule has 4 nitrogen and oxygen atoms in total. The van der Waals surface area contributed by atoms with Crippen LogP contribution in [0.3, 0.4) is 0 Å². The van der Waals surface area contributed by atoms with Crippen molar-refractivity contribution in [2.45, 2.75) is 75.9 Å². The van der Waals surface area contributed by atoms with Gasteiger partial charge in [-0.15, -0.1) is 0 Å². The Morgan fingerprint density at radius 3 is 2.45 bits per heavy atom. The van der Waals surface area contributed by atoms with Gasteiger partial charge >= 0.3 is 6.03 Å². The van der Waals surface area contributed by atoms with Gasteiger partial charge in [-0.25, -0.2) is 4.79 Å². The van der Waals surface area contributed by atoms with E-state index in [1.165, 1.54) is 51.4 Å². The fourth-order valence-electron chi connectivity index (χ4n) is 5.36. The molecule has 2 aliphatic carbocycles. The van der Waals surface area contributed by atoms with Gasteiger partial charge in [-0.1, -0.05) is 25.7 Å². The number of urea groups is 1. The van der Waals surface area contributed by atoms with Crippen molar-refractivity contribution in [3.63, 3.8) is 0 Å². The molecule has 4 rings (SSSR count). The zero-order chi connectivity index (χ0) is 15.0. The third kappa shape index (κ3) is 2.86. The summed E-state index contributed by atoms with van der Waals surface area (Å²) in [5.41, 5.74) is 0.0793. The molecule has 2 saturated heterocycles. The molecule has 1 N–H and O–H groups in total. The van der Waals surface area contributed by atoms with Gasteiger partial charge < -0.3 is 15.0 Å². The van der Waals surface area contributed by atoms with E-state index in [1.54, 1.807) is 0 Å². The number of amides is 2. The summed E-state index contributed by atoms with van der Waals surface area (Å²) in [5, 5.41) is 3.33. The lowest BCUT2D eigenvalue weighted by Gasteiger charge is -2.43. The summed E-state index contributed by atoms with van der Waals surface area (Å²) in [6.07, 6.45) is 12.3. The Morgan fingerprint density at radius 2 is 1.73 bits per heavy atom. The van der Waals surface area contributed by atoms with Gasteiger partial charge in [-0.3, -0.25) is 0 Å². The van der Waals surface area contributed by atoms with Crippen molar-refractivity contribution < 1.29 is 9.53 Å². The highest BCUT2D eigenvalue weighted by Gasteiger charge is 2.41. The SMILES string of the molecule is O=C(N[C@@H]1CCOC2(CCCCC2)C1)N1C[C@H]2CCC[C@H]2C1. The first-order chi connectivity index (χ1) is 10.7. The molecule has 0 radical (unpaired) electrons. The number of carbonyl (C=O) groups is 1. The predicted molar refractivity (Wildman–Crippen MR) is 85.7 cm³/mol. The van der Waals surface area contributed by atoms with Crippen molar-refractivity contribution in [3.8, 4) is 0 Å². The van der Waals surface area contributed by atoms with Gasteiger partial charge in [0.15, 0.2) is 0 Å². The predicted octanol–water partition coefficient (Wildman–Crippen LogP) is 3.31. The summed E-state index contributed by atoms with van der Waals surface area (Å²) in [4.78, 5) is 14.7. The second kappa shape index (κ2) is 6.03. The Kier molecular flexibility index (Phi) is 4.05. The van der Waals surface area contributed by atoms with Crippen molar-refractivity contribution in [1.82, 2.24) is 10.2 Å². The first kappa shape index (κ1) is 14.8. The van der Waals surface area contributed by atoms with Crippen LogP contribution in [0, 0.1) is 11.8 Å². The van der Waals surface area contributed by atoms with Gasteiger partial charge in [-0.2, -0.15) is 0 Å². The third-order valence-corrected chi connectivity index (χ3v) is 6.60. The molecule has 0 aromatic heterocycles. The van der Waals surface area contributed by atoms with Crippen molar-refractivity contribution in [2.24, 2.45) is 11.8 Å². The Hall–Kier alpha value is -0.770. The molecule has 0 aromatic carbocycles. The molecule has 4 heteroatoms. The number of ether oxygens (including phenoxy) is 1. The molecule has 3 atom stereocenters. The molecule has 0 unspecified atom stereocenters. The van der Waals surface area contributed by atoms with Crippen molar-refractivity contribution in [2.75, 3.05) is 19.7 Å². The maximum absolute atomic E-state index is 12.6. The fourth-order valence-corrected chi connectivity index (χ4v) is 5.36. The standard InChI is InChI=1S/C18H30N2O2/c21-17(20-12-14-5-4-6-15(14)13-20)19-16-7-10-22-18(11-16)8-2-1-3-9-18/h14-16H,1-13H2,(H,19,21)/t14-,15+,16-/m1/s1. The summed E-state index contributed by atoms with van der Waals surface area (Å²) >= 11 is 0. The normalized spacial score (nSPS) is 37.3. The zero-order valence-electron chi connectivity index (χ0n) is 13.7. The molecule has 124 valence electrons. The molecular weight excluding hydrogens is 276 g/mol. The number of carbonyl (C=O) groups excluding carboxylic acids is 1. The van der Waals surface area contributed by atoms with E-state index in [4.69, 9.17) is 4.74 Å². The maximum atomic E-state index is 12.6. The molecule has 1 spiro atoms. The van der Waals surface area contributed by atoms with E-state index >= 15 is 0 Å². The van der Waals surface area contributed by atoms with E-state index in [2.05, 4.69) is 10.2 Å². The highest BCUT2D eigenvalue weighted by molar-refractivity contribution is 5.75. The minimum absolute atomic E-state index is 0.0793. The maximum Gasteiger partial charge on any atom is 0.317 e. The number of nitrogens with one attached hydrogen (secondary N) is 1. The Balaban J connectivity index is 1.32. The van der Waals surface area contributed by atoms with E-state index in [0.29, 0.717) is 6.04 Å². The monoisotopic (exact) mass is 306 g/mol. The minimum Gasteiger partial charge on any atom is -0.375 e. The van der Waals surface area contributed by atoms with Gasteiger partial charge in [0.25, 0.3) is 0 Å². The average molecular weight is 306 g/mol. The first-order valence-corrected chi connectivity index (χ1v) is 9.44. The lowest BCUT2D eigenvalue weighted by atomic mass is 9.78. The van der Waals surface area contributed by atoms with Gasteiger partial charge in [0.1, 0.15) is 0 Å². The van der Waals surface area contributed by atoms with E-state index in [-0.39, 0.29) is 11.6 Å². The Labute approximate surface area is 134 Å². The van der Waals surface area contributed by atoms with Crippen LogP contribution in [0.4, 0.5) is 4.79 Å². The number of fused-ring (bicyclic) bond motifs is 1. The van der Waals surface area contributed by atoms with Crippen LogP contribution >= 0.6 is 0 Å². The van der Waals surface area contributed by atoms with Gasteiger partial charge in [0.2, 0.25) is 0 Å². The molecule has 4 fully saturated rings. The number of hydrogen-bond acceptors (Lipinski definition) is 2. The fraction of sp³-hybridized carbons (Fsp3) is 0.944. The number of rotatable bonds is 1. The molecule has 2 aliphatic heterocycles. The number of hydrogen-bond donors (Lipinski definition) is 1. The van der Waals surface area contributed by atoms with Crippen LogP contribution in [0.25, 0.3) is 0 Å². The molecular formula is C18H30N2O2. The van der Waals surface area contributed by atoms with Crippen LogP contribution in [0.1, 0.15) is 64.2 Å². The van der Waals surface area contributed by atoms with Crippen LogP contribution in [0.15, 0.2) is 0 Å². The molecule has 0 bridgehead atoms. The van der Waals surface area contributed by atoms with Crippen LogP contribution < -0.4 is 5.32 Å². The molecule has 2 saturated carbocycles. The second-order valence-electron chi connectivity index (χ2n) is 8.09. The molecule has 4 aliphatic rings. The molecule has 2 heterocycles. The van der Waals surface area contributed by atoms with E-state index in [9.17, 15) is 4.79 Å². The van der Waals surface area contributed by atoms with E-state index in [1.807, 2.05) is 0 Å². The van der Waals surface area contributed by atoms with Crippen LogP contribution in [0.5, 0.6) is 0 Å². The number of nitrogens with zero attached hydrogens (tertiary/aromatic N) is 1. The smallest absolute Gasteiger partial charge is 0.317 e. The van der Waals surface area contributed by atoms with Crippen LogP contribution in [-0.4, -0.2) is 42.3 Å². The highest BCUT2D eigenvalue weighted by Crippen LogP contribution is 2.39. The topological polar surface area (TPSA) is 41.6 Å². The largest absolute Gasteiger partial charge is 0.375 e. The van der Waals surface area contributed by atoms with Crippen molar-refractivity contribution in [3.05, 3.63) is 0 Å². The lowest BCUT2D eigenvalue weighted by Crippen LogP contribution is -2.52. The Bertz CT molecular complexity index is 402. The van der Waals surface area contributed by atoms with E-state index in [0.717, 1.165) is 44.4 Å². The summed E-state index contributed by atoms with van der Waals surface area (Å²) in [6.45, 7) is 2.80. The molecule has 0 aromatic rings. The van der Waals surface area contributed by atoms with Gasteiger partial charge in [0.05, 0.1) is 5.60 Å². The lowest BCUT2D eigenvalue weighted by molar-refractivity contribution is -0.108. The van der Waals surface area contributed by atoms with Crippen molar-refractivity contribution >= 4 is 6.03 Å². The summed E-state index contributed by atoms with van der Waals surface area (Å²) in [7, 11) is 0. The molecule has 22 heavy (non-hydrogen) atoms. The van der Waals surface area contributed by atoms with E-state index < -0.39 is 0 Å². The highest BCUT2D eigenvalue weighted by atomic mass is 16.5. The van der Waals surface area contributed by atoms with Crippen LogP contribution in [-0.2, 0) is 4.74 Å². The van der Waals surface area contributed by atoms with Crippen molar-refractivity contribution in [1.29, 1.82) is 0 Å². The minimum atomic E-state index is 0.0793. The summed E-state index contributed by atoms with van der Waals surface area (Å²) in [5.74, 6) is 1.57. The van der Waals surface area contributed by atoms with Crippen LogP contribution in [0.2, 0.25) is 0 Å².